The Hall–Kier alpha value is -1.73. The lowest BCUT2D eigenvalue weighted by Gasteiger charge is -2.18. The average molecular weight is 657 g/mol. The Morgan fingerprint density at radius 3 is 1.60 bits per heavy atom. The second-order valence-electron chi connectivity index (χ2n) is 11.8. The number of carbonyl (C=O) groups is 2. The predicted octanol–water partition coefficient (Wildman–Crippen LogP) is 10.2. The van der Waals surface area contributed by atoms with Crippen LogP contribution in [0.1, 0.15) is 162 Å². The molecule has 0 spiro atoms. The fourth-order valence-electron chi connectivity index (χ4n) is 4.80. The third-order valence-corrected chi connectivity index (χ3v) is 7.91. The van der Waals surface area contributed by atoms with Gasteiger partial charge in [0.15, 0.2) is 6.10 Å². The number of phosphoric acid groups is 1. The third-order valence-electron chi connectivity index (χ3n) is 7.42. The zero-order valence-corrected chi connectivity index (χ0v) is 29.4. The first-order valence-electron chi connectivity index (χ1n) is 17.8. The fourth-order valence-corrected chi connectivity index (χ4v) is 5.16. The van der Waals surface area contributed by atoms with Gasteiger partial charge in [0.1, 0.15) is 6.61 Å². The Bertz CT molecular complexity index is 833. The molecule has 0 aliphatic heterocycles. The second-order valence-corrected chi connectivity index (χ2v) is 13.1. The number of phosphoric ester groups is 1. The van der Waals surface area contributed by atoms with Crippen LogP contribution in [-0.4, -0.2) is 41.0 Å². The summed E-state index contributed by atoms with van der Waals surface area (Å²) < 4.78 is 26.2. The van der Waals surface area contributed by atoms with Gasteiger partial charge >= 0.3 is 19.8 Å². The number of hydrogen-bond donors (Lipinski definition) is 2. The molecule has 0 amide bonds. The average Bonchev–Trinajstić information content (AvgIpc) is 3.00. The Morgan fingerprint density at radius 2 is 1.07 bits per heavy atom. The van der Waals surface area contributed by atoms with Crippen LogP contribution in [0.3, 0.4) is 0 Å². The number of hydrogen-bond acceptors (Lipinski definition) is 6. The first kappa shape index (κ1) is 43.3. The van der Waals surface area contributed by atoms with Crippen LogP contribution in [-0.2, 0) is 28.2 Å². The highest BCUT2D eigenvalue weighted by Crippen LogP contribution is 2.36. The van der Waals surface area contributed by atoms with Crippen molar-refractivity contribution in [3.05, 3.63) is 36.5 Å². The van der Waals surface area contributed by atoms with E-state index in [9.17, 15) is 14.2 Å². The molecular weight excluding hydrogens is 591 g/mol. The molecule has 262 valence electrons. The van der Waals surface area contributed by atoms with E-state index < -0.39 is 32.5 Å². The summed E-state index contributed by atoms with van der Waals surface area (Å²) in [5.74, 6) is -0.905. The van der Waals surface area contributed by atoms with E-state index in [1.165, 1.54) is 57.8 Å². The van der Waals surface area contributed by atoms with Crippen LogP contribution in [0.5, 0.6) is 0 Å². The van der Waals surface area contributed by atoms with E-state index >= 15 is 0 Å². The third kappa shape index (κ3) is 35.0. The first-order valence-corrected chi connectivity index (χ1v) is 19.3. The molecule has 0 radical (unpaired) electrons. The first-order chi connectivity index (χ1) is 21.8. The van der Waals surface area contributed by atoms with Crippen molar-refractivity contribution in [2.75, 3.05) is 13.2 Å². The van der Waals surface area contributed by atoms with Gasteiger partial charge in [0.05, 0.1) is 6.61 Å². The summed E-state index contributed by atoms with van der Waals surface area (Å²) in [6, 6.07) is 0. The van der Waals surface area contributed by atoms with E-state index in [0.717, 1.165) is 70.6 Å². The number of allylic oxidation sites excluding steroid dienone is 6. The molecule has 0 unspecified atom stereocenters. The minimum absolute atomic E-state index is 0.193. The molecule has 2 N–H and O–H groups in total. The van der Waals surface area contributed by atoms with E-state index in [4.69, 9.17) is 19.3 Å². The smallest absolute Gasteiger partial charge is 0.462 e. The Balaban J connectivity index is 4.02. The maximum atomic E-state index is 12.3. The Morgan fingerprint density at radius 1 is 0.600 bits per heavy atom. The van der Waals surface area contributed by atoms with Crippen molar-refractivity contribution in [1.29, 1.82) is 0 Å². The van der Waals surface area contributed by atoms with Crippen molar-refractivity contribution in [2.24, 2.45) is 0 Å². The molecule has 0 aromatic carbocycles. The molecular formula is C36H65O8P. The molecule has 0 aromatic heterocycles. The van der Waals surface area contributed by atoms with Gasteiger partial charge in [-0.05, 0) is 44.9 Å². The minimum atomic E-state index is -4.75. The van der Waals surface area contributed by atoms with E-state index in [1.54, 1.807) is 0 Å². The highest BCUT2D eigenvalue weighted by atomic mass is 31.2. The molecule has 1 atom stereocenters. The monoisotopic (exact) mass is 656 g/mol. The van der Waals surface area contributed by atoms with Crippen LogP contribution in [0.2, 0.25) is 0 Å². The van der Waals surface area contributed by atoms with Crippen LogP contribution in [0.25, 0.3) is 0 Å². The molecule has 8 nitrogen and oxygen atoms in total. The number of carbonyl (C=O) groups excluding carboxylic acids is 2. The molecule has 0 aliphatic carbocycles. The van der Waals surface area contributed by atoms with Crippen LogP contribution in [0, 0.1) is 0 Å². The van der Waals surface area contributed by atoms with Gasteiger partial charge in [-0.2, -0.15) is 0 Å². The van der Waals surface area contributed by atoms with Gasteiger partial charge < -0.3 is 19.3 Å². The molecule has 0 rings (SSSR count). The number of ether oxygens (including phenoxy) is 2. The standard InChI is InChI=1S/C36H65O8P/c1-3-5-7-9-11-13-15-17-18-19-21-23-25-27-29-31-36(38)44-34(33-43-45(39,40)41)32-42-35(37)30-28-26-24-22-20-16-14-12-10-8-6-4-2/h5,7,11,13,17-18,34H,3-4,6,8-10,12,14-16,19-33H2,1-2H3,(H2,39,40,41)/b7-5+,13-11+,18-17+/t34-/m1/s1. The number of rotatable bonds is 32. The number of esters is 2. The topological polar surface area (TPSA) is 119 Å². The molecule has 0 aliphatic rings. The summed E-state index contributed by atoms with van der Waals surface area (Å²) in [5, 5.41) is 0. The summed E-state index contributed by atoms with van der Waals surface area (Å²) >= 11 is 0. The van der Waals surface area contributed by atoms with Crippen molar-refractivity contribution in [1.82, 2.24) is 0 Å². The van der Waals surface area contributed by atoms with Crippen molar-refractivity contribution >= 4 is 19.8 Å². The van der Waals surface area contributed by atoms with Gasteiger partial charge in [-0.1, -0.05) is 140 Å². The van der Waals surface area contributed by atoms with Crippen LogP contribution >= 0.6 is 7.82 Å². The fraction of sp³-hybridized carbons (Fsp3) is 0.778. The lowest BCUT2D eigenvalue weighted by molar-refractivity contribution is -0.161. The van der Waals surface area contributed by atoms with Gasteiger partial charge in [0.25, 0.3) is 0 Å². The highest BCUT2D eigenvalue weighted by molar-refractivity contribution is 7.46. The van der Waals surface area contributed by atoms with Crippen molar-refractivity contribution in [3.8, 4) is 0 Å². The molecule has 0 bridgehead atoms. The molecule has 45 heavy (non-hydrogen) atoms. The Labute approximate surface area is 274 Å². The molecule has 9 heteroatoms. The zero-order chi connectivity index (χ0) is 33.3. The number of unbranched alkanes of at least 4 members (excludes halogenated alkanes) is 16. The normalized spacial score (nSPS) is 12.9. The van der Waals surface area contributed by atoms with E-state index in [-0.39, 0.29) is 19.4 Å². The second kappa shape index (κ2) is 32.2. The lowest BCUT2D eigenvalue weighted by Crippen LogP contribution is -2.29. The van der Waals surface area contributed by atoms with Crippen LogP contribution in [0.4, 0.5) is 0 Å². The summed E-state index contributed by atoms with van der Waals surface area (Å²) in [4.78, 5) is 42.6. The maximum Gasteiger partial charge on any atom is 0.469 e. The van der Waals surface area contributed by atoms with Crippen molar-refractivity contribution < 1.29 is 37.9 Å². The van der Waals surface area contributed by atoms with Crippen molar-refractivity contribution in [3.63, 3.8) is 0 Å². The van der Waals surface area contributed by atoms with Gasteiger partial charge in [-0.25, -0.2) is 4.57 Å². The van der Waals surface area contributed by atoms with E-state index in [0.29, 0.717) is 6.42 Å². The zero-order valence-electron chi connectivity index (χ0n) is 28.5. The van der Waals surface area contributed by atoms with Gasteiger partial charge in [0.2, 0.25) is 0 Å². The summed E-state index contributed by atoms with van der Waals surface area (Å²) in [6.45, 7) is 3.54. The summed E-state index contributed by atoms with van der Waals surface area (Å²) in [5.41, 5.74) is 0. The predicted molar refractivity (Wildman–Crippen MR) is 184 cm³/mol. The van der Waals surface area contributed by atoms with Crippen LogP contribution in [0.15, 0.2) is 36.5 Å². The quantitative estimate of drug-likeness (QED) is 0.0318. The minimum Gasteiger partial charge on any atom is -0.462 e. The van der Waals surface area contributed by atoms with Crippen molar-refractivity contribution in [2.45, 2.75) is 168 Å². The lowest BCUT2D eigenvalue weighted by atomic mass is 10.0. The molecule has 0 saturated carbocycles. The molecule has 0 aromatic rings. The van der Waals surface area contributed by atoms with Gasteiger partial charge in [-0.15, -0.1) is 0 Å². The van der Waals surface area contributed by atoms with Gasteiger partial charge in [0, 0.05) is 12.8 Å². The highest BCUT2D eigenvalue weighted by Gasteiger charge is 2.22. The molecule has 0 heterocycles. The maximum absolute atomic E-state index is 12.3. The SMILES string of the molecule is CC/C=C/C/C=C/C/C=C/CCCCCCCC(=O)O[C@H](COC(=O)CCCCCCCCCCCCCC)COP(=O)(O)O. The van der Waals surface area contributed by atoms with Crippen LogP contribution < -0.4 is 0 Å². The Kier molecular flexibility index (Phi) is 31.0. The molecule has 0 fully saturated rings. The van der Waals surface area contributed by atoms with E-state index in [1.807, 2.05) is 0 Å². The van der Waals surface area contributed by atoms with E-state index in [2.05, 4.69) is 54.8 Å². The van der Waals surface area contributed by atoms with Gasteiger partial charge in [-0.3, -0.25) is 14.1 Å². The summed E-state index contributed by atoms with van der Waals surface area (Å²) in [7, 11) is -4.75. The molecule has 0 saturated heterocycles. The largest absolute Gasteiger partial charge is 0.469 e. The summed E-state index contributed by atoms with van der Waals surface area (Å²) in [6.07, 6.45) is 35.8.